The van der Waals surface area contributed by atoms with Crippen LogP contribution in [0.25, 0.3) is 0 Å². The Bertz CT molecular complexity index is 823. The molecule has 0 aliphatic carbocycles. The summed E-state index contributed by atoms with van der Waals surface area (Å²) >= 11 is 0. The summed E-state index contributed by atoms with van der Waals surface area (Å²) in [6.07, 6.45) is 1.08. The van der Waals surface area contributed by atoms with E-state index >= 15 is 0 Å². The van der Waals surface area contributed by atoms with Crippen molar-refractivity contribution in [3.05, 3.63) is 59.7 Å². The highest BCUT2D eigenvalue weighted by atomic mass is 16.5. The first-order valence-corrected chi connectivity index (χ1v) is 9.48. The zero-order valence-corrected chi connectivity index (χ0v) is 17.4. The number of carbonyl (C=O) groups is 2. The van der Waals surface area contributed by atoms with Gasteiger partial charge >= 0.3 is 0 Å². The molecule has 0 bridgehead atoms. The maximum atomic E-state index is 12.3. The number of aryl methyl sites for hydroxylation is 1. The fourth-order valence-corrected chi connectivity index (χ4v) is 2.83. The first-order chi connectivity index (χ1) is 13.2. The van der Waals surface area contributed by atoms with Gasteiger partial charge in [-0.2, -0.15) is 0 Å². The van der Waals surface area contributed by atoms with Crippen molar-refractivity contribution in [2.75, 3.05) is 26.0 Å². The van der Waals surface area contributed by atoms with E-state index in [0.717, 1.165) is 16.9 Å². The molecular weight excluding hydrogens is 352 g/mol. The van der Waals surface area contributed by atoms with Crippen molar-refractivity contribution in [3.63, 3.8) is 0 Å². The number of rotatable bonds is 7. The average molecular weight is 383 g/mol. The molecule has 0 radical (unpaired) electrons. The van der Waals surface area contributed by atoms with Crippen molar-refractivity contribution in [3.8, 4) is 5.75 Å². The Hall–Kier alpha value is -2.82. The molecule has 0 aliphatic heterocycles. The third-order valence-electron chi connectivity index (χ3n) is 4.39. The van der Waals surface area contributed by atoms with Gasteiger partial charge in [-0.3, -0.25) is 9.59 Å². The normalized spacial score (nSPS) is 11.0. The lowest BCUT2D eigenvalue weighted by atomic mass is 9.86. The molecule has 0 unspecified atom stereocenters. The van der Waals surface area contributed by atoms with Crippen LogP contribution in [0.15, 0.2) is 48.5 Å². The van der Waals surface area contributed by atoms with E-state index in [1.54, 1.807) is 19.0 Å². The molecule has 2 amide bonds. The van der Waals surface area contributed by atoms with Crippen molar-refractivity contribution in [2.45, 2.75) is 39.0 Å². The fourth-order valence-electron chi connectivity index (χ4n) is 2.83. The molecule has 2 rings (SSSR count). The number of carbonyl (C=O) groups excluding carboxylic acids is 2. The quantitative estimate of drug-likeness (QED) is 0.787. The van der Waals surface area contributed by atoms with Gasteiger partial charge in [-0.15, -0.1) is 0 Å². The van der Waals surface area contributed by atoms with Crippen molar-refractivity contribution in [2.24, 2.45) is 0 Å². The van der Waals surface area contributed by atoms with E-state index in [0.29, 0.717) is 18.5 Å². The number of anilines is 1. The lowest BCUT2D eigenvalue weighted by molar-refractivity contribution is -0.128. The van der Waals surface area contributed by atoms with Crippen LogP contribution in [0.4, 0.5) is 5.69 Å². The predicted octanol–water partition coefficient (Wildman–Crippen LogP) is 4.02. The lowest BCUT2D eigenvalue weighted by Crippen LogP contribution is -2.22. The smallest absolute Gasteiger partial charge is 0.262 e. The molecule has 0 spiro atoms. The maximum absolute atomic E-state index is 12.3. The van der Waals surface area contributed by atoms with E-state index < -0.39 is 0 Å². The Morgan fingerprint density at radius 3 is 2.43 bits per heavy atom. The number of nitrogens with one attached hydrogen (secondary N) is 1. The van der Waals surface area contributed by atoms with Crippen LogP contribution < -0.4 is 10.1 Å². The van der Waals surface area contributed by atoms with E-state index in [1.165, 1.54) is 0 Å². The van der Waals surface area contributed by atoms with Crippen LogP contribution in [0.1, 0.15) is 38.3 Å². The minimum atomic E-state index is -0.217. The van der Waals surface area contributed by atoms with E-state index in [-0.39, 0.29) is 23.8 Å². The molecule has 0 heterocycles. The maximum Gasteiger partial charge on any atom is 0.262 e. The topological polar surface area (TPSA) is 58.6 Å². The summed E-state index contributed by atoms with van der Waals surface area (Å²) in [6.45, 7) is 6.28. The van der Waals surface area contributed by atoms with Crippen LogP contribution >= 0.6 is 0 Å². The number of hydrogen-bond acceptors (Lipinski definition) is 3. The van der Waals surface area contributed by atoms with Gasteiger partial charge in [0.1, 0.15) is 5.75 Å². The number of para-hydroxylation sites is 1. The number of hydrogen-bond donors (Lipinski definition) is 1. The molecule has 0 aliphatic rings. The highest BCUT2D eigenvalue weighted by Crippen LogP contribution is 2.30. The van der Waals surface area contributed by atoms with E-state index in [2.05, 4.69) is 26.1 Å². The molecule has 5 heteroatoms. The Labute approximate surface area is 167 Å². The Balaban J connectivity index is 1.94. The van der Waals surface area contributed by atoms with E-state index in [4.69, 9.17) is 4.74 Å². The molecule has 5 nitrogen and oxygen atoms in total. The largest absolute Gasteiger partial charge is 0.483 e. The molecule has 0 aromatic heterocycles. The summed E-state index contributed by atoms with van der Waals surface area (Å²) in [5.41, 5.74) is 2.71. The predicted molar refractivity (Wildman–Crippen MR) is 113 cm³/mol. The van der Waals surface area contributed by atoms with Gasteiger partial charge < -0.3 is 15.0 Å². The van der Waals surface area contributed by atoms with Crippen LogP contribution in [-0.2, 0) is 21.4 Å². The second kappa shape index (κ2) is 9.40. The summed E-state index contributed by atoms with van der Waals surface area (Å²) in [7, 11) is 3.49. The Morgan fingerprint density at radius 2 is 1.75 bits per heavy atom. The van der Waals surface area contributed by atoms with Gasteiger partial charge in [-0.1, -0.05) is 51.1 Å². The van der Waals surface area contributed by atoms with Crippen LogP contribution in [0.3, 0.4) is 0 Å². The fraction of sp³-hybridized carbons (Fsp3) is 0.391. The second-order valence-electron chi connectivity index (χ2n) is 8.07. The third kappa shape index (κ3) is 6.41. The number of nitrogens with zero attached hydrogens (tertiary/aromatic N) is 1. The minimum Gasteiger partial charge on any atom is -0.483 e. The SMILES string of the molecule is CN(C)C(=O)CCc1cccc(NC(=O)COc2ccccc2C(C)(C)C)c1. The molecule has 0 atom stereocenters. The average Bonchev–Trinajstić information content (AvgIpc) is 2.64. The van der Waals surface area contributed by atoms with E-state index in [1.807, 2.05) is 48.5 Å². The van der Waals surface area contributed by atoms with Crippen molar-refractivity contribution < 1.29 is 14.3 Å². The molecular formula is C23H30N2O3. The van der Waals surface area contributed by atoms with Crippen molar-refractivity contribution in [1.82, 2.24) is 4.90 Å². The van der Waals surface area contributed by atoms with Gasteiger partial charge in [0, 0.05) is 26.2 Å². The molecule has 2 aromatic carbocycles. The van der Waals surface area contributed by atoms with Gasteiger partial charge in [0.25, 0.3) is 5.91 Å². The number of benzene rings is 2. The van der Waals surface area contributed by atoms with E-state index in [9.17, 15) is 9.59 Å². The summed E-state index contributed by atoms with van der Waals surface area (Å²) in [6, 6.07) is 15.3. The van der Waals surface area contributed by atoms with Gasteiger partial charge in [0.05, 0.1) is 0 Å². The number of amides is 2. The summed E-state index contributed by atoms with van der Waals surface area (Å²) in [5.74, 6) is 0.590. The first-order valence-electron chi connectivity index (χ1n) is 9.48. The second-order valence-corrected chi connectivity index (χ2v) is 8.07. The monoisotopic (exact) mass is 382 g/mol. The van der Waals surface area contributed by atoms with Gasteiger partial charge in [0.15, 0.2) is 6.61 Å². The van der Waals surface area contributed by atoms with Crippen LogP contribution in [0, 0.1) is 0 Å². The highest BCUT2D eigenvalue weighted by molar-refractivity contribution is 5.92. The molecule has 0 saturated heterocycles. The number of ether oxygens (including phenoxy) is 1. The minimum absolute atomic E-state index is 0.0591. The molecule has 150 valence electrons. The molecule has 0 fully saturated rings. The Kier molecular flexibility index (Phi) is 7.21. The summed E-state index contributed by atoms with van der Waals surface area (Å²) < 4.78 is 5.77. The van der Waals surface area contributed by atoms with Gasteiger partial charge in [0.2, 0.25) is 5.91 Å². The van der Waals surface area contributed by atoms with Gasteiger partial charge in [-0.05, 0) is 41.2 Å². The summed E-state index contributed by atoms with van der Waals surface area (Å²) in [5, 5.41) is 2.86. The lowest BCUT2D eigenvalue weighted by Gasteiger charge is -2.22. The Morgan fingerprint density at radius 1 is 1.04 bits per heavy atom. The molecule has 1 N–H and O–H groups in total. The van der Waals surface area contributed by atoms with Crippen LogP contribution in [0.2, 0.25) is 0 Å². The van der Waals surface area contributed by atoms with Crippen molar-refractivity contribution in [1.29, 1.82) is 0 Å². The van der Waals surface area contributed by atoms with Crippen LogP contribution in [-0.4, -0.2) is 37.4 Å². The van der Waals surface area contributed by atoms with Gasteiger partial charge in [-0.25, -0.2) is 0 Å². The molecule has 0 saturated carbocycles. The standard InChI is InChI=1S/C23H30N2O3/c1-23(2,3)19-11-6-7-12-20(19)28-16-21(26)24-18-10-8-9-17(15-18)13-14-22(27)25(4)5/h6-12,15H,13-14,16H2,1-5H3,(H,24,26). The molecule has 28 heavy (non-hydrogen) atoms. The third-order valence-corrected chi connectivity index (χ3v) is 4.39. The highest BCUT2D eigenvalue weighted by Gasteiger charge is 2.19. The first kappa shape index (κ1) is 21.5. The van der Waals surface area contributed by atoms with Crippen molar-refractivity contribution >= 4 is 17.5 Å². The zero-order chi connectivity index (χ0) is 20.7. The zero-order valence-electron chi connectivity index (χ0n) is 17.4. The molecule has 2 aromatic rings. The van der Waals surface area contributed by atoms with Crippen LogP contribution in [0.5, 0.6) is 5.75 Å². The summed E-state index contributed by atoms with van der Waals surface area (Å²) in [4.78, 5) is 25.6.